The fraction of sp³-hybridized carbons (Fsp3) is 0.355. The third kappa shape index (κ3) is 8.10. The Morgan fingerprint density at radius 3 is 1.92 bits per heavy atom. The van der Waals surface area contributed by atoms with Gasteiger partial charge in [0, 0.05) is 24.2 Å². The molecular weight excluding hydrogens is 466 g/mol. The van der Waals surface area contributed by atoms with Crippen LogP contribution in [0.25, 0.3) is 0 Å². The van der Waals surface area contributed by atoms with Gasteiger partial charge in [-0.1, -0.05) is 60.7 Å². The predicted octanol–water partition coefficient (Wildman–Crippen LogP) is 5.81. The molecule has 3 aromatic carbocycles. The fourth-order valence-corrected chi connectivity index (χ4v) is 4.57. The van der Waals surface area contributed by atoms with Gasteiger partial charge in [0.15, 0.2) is 0 Å². The van der Waals surface area contributed by atoms with E-state index in [1.165, 1.54) is 5.56 Å². The largest absolute Gasteiger partial charge is 0.496 e. The number of carbonyl (C=O) groups is 2. The van der Waals surface area contributed by atoms with Gasteiger partial charge in [-0.25, -0.2) is 0 Å². The van der Waals surface area contributed by atoms with E-state index in [4.69, 9.17) is 9.47 Å². The van der Waals surface area contributed by atoms with Crippen LogP contribution in [-0.2, 0) is 17.6 Å². The molecule has 0 aliphatic heterocycles. The van der Waals surface area contributed by atoms with Gasteiger partial charge in [0.05, 0.1) is 20.1 Å². The molecule has 0 bridgehead atoms. The van der Waals surface area contributed by atoms with Crippen LogP contribution in [0.1, 0.15) is 46.3 Å². The number of hydrogen-bond acceptors (Lipinski definition) is 4. The van der Waals surface area contributed by atoms with Crippen LogP contribution in [0, 0.1) is 12.8 Å². The monoisotopic (exact) mass is 503 g/mol. The molecule has 1 N–H and O–H groups in total. The summed E-state index contributed by atoms with van der Waals surface area (Å²) in [6.07, 6.45) is 3.23. The minimum Gasteiger partial charge on any atom is -0.496 e. The molecule has 0 aromatic heterocycles. The molecule has 0 aliphatic carbocycles. The van der Waals surface area contributed by atoms with Crippen molar-refractivity contribution < 1.29 is 24.2 Å². The molecule has 6 heteroatoms. The van der Waals surface area contributed by atoms with Crippen molar-refractivity contribution in [3.05, 3.63) is 95.1 Å². The van der Waals surface area contributed by atoms with E-state index in [0.717, 1.165) is 24.0 Å². The Morgan fingerprint density at radius 2 is 1.38 bits per heavy atom. The Hall–Kier alpha value is -3.80. The molecule has 3 aromatic rings. The van der Waals surface area contributed by atoms with Gasteiger partial charge in [-0.15, -0.1) is 0 Å². The lowest BCUT2D eigenvalue weighted by Crippen LogP contribution is -2.34. The van der Waals surface area contributed by atoms with Crippen LogP contribution in [-0.4, -0.2) is 49.2 Å². The number of ether oxygens (including phenoxy) is 2. The van der Waals surface area contributed by atoms with Crippen LogP contribution in [0.5, 0.6) is 11.5 Å². The molecular formula is C31H37NO5. The topological polar surface area (TPSA) is 76.1 Å². The summed E-state index contributed by atoms with van der Waals surface area (Å²) in [5.41, 5.74) is 3.56. The zero-order valence-electron chi connectivity index (χ0n) is 22.0. The Morgan fingerprint density at radius 1 is 0.838 bits per heavy atom. The van der Waals surface area contributed by atoms with Crippen molar-refractivity contribution in [2.45, 2.75) is 39.0 Å². The van der Waals surface area contributed by atoms with Gasteiger partial charge in [0.25, 0.3) is 5.91 Å². The second-order valence-electron chi connectivity index (χ2n) is 9.25. The standard InChI is InChI=1S/C31H37NO5/c1-23-28(36-2)21-27(22-29(23)37-3)30(33)32(18-10-16-24-12-6-4-7-13-24)19-11-17-26(31(34)35)20-25-14-8-5-9-15-25/h4-9,12-15,21-22,26H,10-11,16-20H2,1-3H3,(H,34,35). The molecule has 196 valence electrons. The lowest BCUT2D eigenvalue weighted by molar-refractivity contribution is -0.142. The lowest BCUT2D eigenvalue weighted by Gasteiger charge is -2.24. The highest BCUT2D eigenvalue weighted by atomic mass is 16.5. The summed E-state index contributed by atoms with van der Waals surface area (Å²) < 4.78 is 11.0. The highest BCUT2D eigenvalue weighted by Gasteiger charge is 2.22. The Labute approximate surface area is 219 Å². The van der Waals surface area contributed by atoms with Gasteiger partial charge in [-0.05, 0) is 62.3 Å². The van der Waals surface area contributed by atoms with E-state index in [-0.39, 0.29) is 5.91 Å². The average molecular weight is 504 g/mol. The van der Waals surface area contributed by atoms with E-state index in [9.17, 15) is 14.7 Å². The maximum Gasteiger partial charge on any atom is 0.306 e. The summed E-state index contributed by atoms with van der Waals surface area (Å²) in [6.45, 7) is 2.94. The third-order valence-electron chi connectivity index (χ3n) is 6.68. The SMILES string of the molecule is COc1cc(C(=O)N(CCCc2ccccc2)CCCC(Cc2ccccc2)C(=O)O)cc(OC)c1C. The number of amides is 1. The molecule has 3 rings (SSSR count). The van der Waals surface area contributed by atoms with Crippen molar-refractivity contribution in [2.75, 3.05) is 27.3 Å². The van der Waals surface area contributed by atoms with Gasteiger partial charge in [-0.3, -0.25) is 9.59 Å². The van der Waals surface area contributed by atoms with Crippen LogP contribution in [0.4, 0.5) is 0 Å². The molecule has 0 saturated heterocycles. The molecule has 1 amide bonds. The maximum absolute atomic E-state index is 13.6. The maximum atomic E-state index is 13.6. The highest BCUT2D eigenvalue weighted by molar-refractivity contribution is 5.95. The van der Waals surface area contributed by atoms with Crippen molar-refractivity contribution in [2.24, 2.45) is 5.92 Å². The molecule has 0 saturated carbocycles. The molecule has 1 unspecified atom stereocenters. The number of hydrogen-bond donors (Lipinski definition) is 1. The summed E-state index contributed by atoms with van der Waals surface area (Å²) in [6, 6.07) is 23.4. The predicted molar refractivity (Wildman–Crippen MR) is 145 cm³/mol. The van der Waals surface area contributed by atoms with E-state index >= 15 is 0 Å². The lowest BCUT2D eigenvalue weighted by atomic mass is 9.94. The van der Waals surface area contributed by atoms with Crippen LogP contribution in [0.15, 0.2) is 72.8 Å². The van der Waals surface area contributed by atoms with E-state index in [1.54, 1.807) is 26.4 Å². The number of carboxylic acid groups (broad SMARTS) is 1. The van der Waals surface area contributed by atoms with Gasteiger partial charge in [-0.2, -0.15) is 0 Å². The smallest absolute Gasteiger partial charge is 0.306 e. The molecule has 37 heavy (non-hydrogen) atoms. The minimum absolute atomic E-state index is 0.111. The fourth-order valence-electron chi connectivity index (χ4n) is 4.57. The summed E-state index contributed by atoms with van der Waals surface area (Å²) >= 11 is 0. The van der Waals surface area contributed by atoms with Gasteiger partial charge in [0.2, 0.25) is 0 Å². The molecule has 0 spiro atoms. The number of benzene rings is 3. The average Bonchev–Trinajstić information content (AvgIpc) is 2.92. The summed E-state index contributed by atoms with van der Waals surface area (Å²) in [4.78, 5) is 27.4. The van der Waals surface area contributed by atoms with Gasteiger partial charge >= 0.3 is 5.97 Å². The normalized spacial score (nSPS) is 11.5. The highest BCUT2D eigenvalue weighted by Crippen LogP contribution is 2.30. The van der Waals surface area contributed by atoms with Crippen LogP contribution in [0.3, 0.4) is 0 Å². The van der Waals surface area contributed by atoms with Crippen LogP contribution in [0.2, 0.25) is 0 Å². The van der Waals surface area contributed by atoms with Crippen LogP contribution < -0.4 is 9.47 Å². The van der Waals surface area contributed by atoms with E-state index in [0.29, 0.717) is 49.4 Å². The van der Waals surface area contributed by atoms with Gasteiger partial charge < -0.3 is 19.5 Å². The van der Waals surface area contributed by atoms with E-state index in [2.05, 4.69) is 12.1 Å². The number of nitrogens with zero attached hydrogens (tertiary/aromatic N) is 1. The second-order valence-corrected chi connectivity index (χ2v) is 9.25. The number of carboxylic acids is 1. The molecule has 6 nitrogen and oxygen atoms in total. The van der Waals surface area contributed by atoms with Crippen molar-refractivity contribution in [1.82, 2.24) is 4.90 Å². The minimum atomic E-state index is -0.807. The van der Waals surface area contributed by atoms with Crippen molar-refractivity contribution in [3.63, 3.8) is 0 Å². The number of aryl methyl sites for hydroxylation is 1. The van der Waals surface area contributed by atoms with Crippen molar-refractivity contribution in [1.29, 1.82) is 0 Å². The first kappa shape index (κ1) is 27.8. The molecule has 0 heterocycles. The zero-order valence-corrected chi connectivity index (χ0v) is 22.0. The second kappa shape index (κ2) is 14.1. The first-order valence-corrected chi connectivity index (χ1v) is 12.8. The van der Waals surface area contributed by atoms with E-state index in [1.807, 2.05) is 60.4 Å². The Balaban J connectivity index is 1.72. The first-order chi connectivity index (χ1) is 17.9. The summed E-state index contributed by atoms with van der Waals surface area (Å²) in [5, 5.41) is 9.79. The summed E-state index contributed by atoms with van der Waals surface area (Å²) in [5.74, 6) is -0.219. The molecule has 0 aliphatic rings. The Kier molecular flexibility index (Phi) is 10.6. The van der Waals surface area contributed by atoms with E-state index < -0.39 is 11.9 Å². The van der Waals surface area contributed by atoms with Crippen LogP contribution >= 0.6 is 0 Å². The first-order valence-electron chi connectivity index (χ1n) is 12.8. The number of methoxy groups -OCH3 is 2. The Bertz CT molecular complexity index is 1120. The quantitative estimate of drug-likeness (QED) is 0.300. The van der Waals surface area contributed by atoms with Crippen molar-refractivity contribution in [3.8, 4) is 11.5 Å². The summed E-state index contributed by atoms with van der Waals surface area (Å²) in [7, 11) is 3.15. The number of aliphatic carboxylic acids is 1. The van der Waals surface area contributed by atoms with Crippen molar-refractivity contribution >= 4 is 11.9 Å². The third-order valence-corrected chi connectivity index (χ3v) is 6.68. The number of rotatable bonds is 14. The molecule has 0 fully saturated rings. The molecule has 0 radical (unpaired) electrons. The molecule has 1 atom stereocenters. The zero-order chi connectivity index (χ0) is 26.6. The number of carbonyl (C=O) groups excluding carboxylic acids is 1. The van der Waals surface area contributed by atoms with Gasteiger partial charge in [0.1, 0.15) is 11.5 Å².